The number of rotatable bonds is 10. The Balaban J connectivity index is 1.33. The lowest BCUT2D eigenvalue weighted by Gasteiger charge is -2.17. The molecule has 1 aliphatic rings. The molecular weight excluding hydrogens is 578 g/mol. The van der Waals surface area contributed by atoms with Crippen molar-refractivity contribution < 1.29 is 27.2 Å². The molecule has 0 bridgehead atoms. The van der Waals surface area contributed by atoms with Gasteiger partial charge in [0.05, 0.1) is 28.2 Å². The van der Waals surface area contributed by atoms with Crippen molar-refractivity contribution in [1.29, 1.82) is 0 Å². The molecule has 0 atom stereocenters. The number of halogens is 3. The van der Waals surface area contributed by atoms with Crippen molar-refractivity contribution in [2.24, 2.45) is 0 Å². The van der Waals surface area contributed by atoms with Crippen molar-refractivity contribution in [2.75, 3.05) is 5.75 Å². The molecule has 1 aromatic heterocycles. The highest BCUT2D eigenvalue weighted by Gasteiger charge is 2.52. The molecule has 0 radical (unpaired) electrons. The number of carbonyl (C=O) groups is 1. The van der Waals surface area contributed by atoms with Gasteiger partial charge in [0.25, 0.3) is 5.89 Å². The van der Waals surface area contributed by atoms with Crippen molar-refractivity contribution in [1.82, 2.24) is 10.1 Å². The normalized spacial score (nSPS) is 14.3. The summed E-state index contributed by atoms with van der Waals surface area (Å²) in [4.78, 5) is 17.5. The minimum absolute atomic E-state index is 0.00965. The Morgan fingerprint density at radius 2 is 1.62 bits per heavy atom. The summed E-state index contributed by atoms with van der Waals surface area (Å²) in [6, 6.07) is 14.0. The van der Waals surface area contributed by atoms with E-state index in [4.69, 9.17) is 27.7 Å². The maximum absolute atomic E-state index is 14.5. The van der Waals surface area contributed by atoms with Gasteiger partial charge in [-0.05, 0) is 65.9 Å². The van der Waals surface area contributed by atoms with Gasteiger partial charge >= 0.3 is 0 Å². The molecule has 4 aromatic rings. The van der Waals surface area contributed by atoms with Crippen LogP contribution >= 0.6 is 23.2 Å². The molecule has 0 amide bonds. The number of benzene rings is 3. The molecular formula is C29H25Cl2FN2O5S. The summed E-state index contributed by atoms with van der Waals surface area (Å²) in [6.45, 7) is 1.30. The maximum atomic E-state index is 14.5. The average molecular weight is 603 g/mol. The number of aliphatic hydroxyl groups excluding tert-OH is 1. The van der Waals surface area contributed by atoms with Crippen LogP contribution < -0.4 is 0 Å². The number of hydrogen-bond donors (Lipinski definition) is 1. The SMILES string of the molecule is CCS(=O)(=O)c1ccc(CC(=O)Cc2cc(Cl)c(C3(c4noc(-c5ccc(CO)cc5F)n4)CC3)c(Cl)c2)cc1. The van der Waals surface area contributed by atoms with Crippen LogP contribution in [-0.4, -0.2) is 35.2 Å². The number of ketones is 1. The first-order chi connectivity index (χ1) is 19.1. The molecule has 7 nitrogen and oxygen atoms in total. The van der Waals surface area contributed by atoms with E-state index < -0.39 is 21.1 Å². The highest BCUT2D eigenvalue weighted by Crippen LogP contribution is 2.56. The third-order valence-corrected chi connectivity index (χ3v) is 9.44. The van der Waals surface area contributed by atoms with Crippen LogP contribution in [0.1, 0.15) is 47.8 Å². The summed E-state index contributed by atoms with van der Waals surface area (Å²) in [7, 11) is -3.30. The van der Waals surface area contributed by atoms with Crippen LogP contribution in [0.2, 0.25) is 10.0 Å². The standard InChI is InChI=1S/C29H25Cl2FN2O5S/c1-2-40(37,38)21-6-3-17(4-7-21)11-20(36)12-19-13-23(30)26(24(31)14-19)29(9-10-29)28-33-27(39-34-28)22-8-5-18(16-35)15-25(22)32/h3-8,13-15,35H,2,9-12,16H2,1H3. The predicted molar refractivity (Wildman–Crippen MR) is 149 cm³/mol. The quantitative estimate of drug-likeness (QED) is 0.240. The third-order valence-electron chi connectivity index (χ3n) is 7.10. The van der Waals surface area contributed by atoms with Gasteiger partial charge in [-0.2, -0.15) is 4.98 Å². The Bertz CT molecular complexity index is 1680. The summed E-state index contributed by atoms with van der Waals surface area (Å²) < 4.78 is 43.9. The number of sulfone groups is 1. The van der Waals surface area contributed by atoms with Gasteiger partial charge in [0.15, 0.2) is 15.7 Å². The molecule has 0 aliphatic heterocycles. The summed E-state index contributed by atoms with van der Waals surface area (Å²) in [5.74, 6) is -0.300. The van der Waals surface area contributed by atoms with Gasteiger partial charge in [-0.15, -0.1) is 0 Å². The molecule has 1 fully saturated rings. The van der Waals surface area contributed by atoms with Gasteiger partial charge in [0.1, 0.15) is 11.6 Å². The van der Waals surface area contributed by atoms with E-state index in [9.17, 15) is 22.7 Å². The fraction of sp³-hybridized carbons (Fsp3) is 0.276. The minimum atomic E-state index is -3.30. The van der Waals surface area contributed by atoms with Gasteiger partial charge in [-0.3, -0.25) is 4.79 Å². The molecule has 208 valence electrons. The van der Waals surface area contributed by atoms with Crippen LogP contribution in [0.3, 0.4) is 0 Å². The van der Waals surface area contributed by atoms with E-state index in [0.29, 0.717) is 51.0 Å². The Hall–Kier alpha value is -3.11. The number of nitrogens with zero attached hydrogens (tertiary/aromatic N) is 2. The van der Waals surface area contributed by atoms with E-state index in [1.165, 1.54) is 24.3 Å². The summed E-state index contributed by atoms with van der Waals surface area (Å²) in [5.41, 5.74) is 1.85. The van der Waals surface area contributed by atoms with Crippen LogP contribution in [0.25, 0.3) is 11.5 Å². The van der Waals surface area contributed by atoms with Gasteiger partial charge in [-0.1, -0.05) is 53.5 Å². The third kappa shape index (κ3) is 5.56. The number of hydrogen-bond acceptors (Lipinski definition) is 7. The molecule has 40 heavy (non-hydrogen) atoms. The topological polar surface area (TPSA) is 110 Å². The van der Waals surface area contributed by atoms with Crippen molar-refractivity contribution in [3.63, 3.8) is 0 Å². The number of Topliss-reactive ketones (excluding diaryl/α,β-unsaturated/α-hetero) is 1. The zero-order valence-corrected chi connectivity index (χ0v) is 23.8. The van der Waals surface area contributed by atoms with Crippen molar-refractivity contribution in [2.45, 2.75) is 49.5 Å². The monoisotopic (exact) mass is 602 g/mol. The summed E-state index contributed by atoms with van der Waals surface area (Å²) in [6.07, 6.45) is 1.56. The average Bonchev–Trinajstić information content (AvgIpc) is 3.55. The van der Waals surface area contributed by atoms with Gasteiger partial charge in [0.2, 0.25) is 0 Å². The first-order valence-corrected chi connectivity index (χ1v) is 15.0. The molecule has 3 aromatic carbocycles. The highest BCUT2D eigenvalue weighted by atomic mass is 35.5. The van der Waals surface area contributed by atoms with Gasteiger partial charge in [-0.25, -0.2) is 12.8 Å². The molecule has 1 heterocycles. The van der Waals surface area contributed by atoms with E-state index in [1.807, 2.05) is 0 Å². The first kappa shape index (κ1) is 28.4. The van der Waals surface area contributed by atoms with E-state index in [-0.39, 0.29) is 47.3 Å². The van der Waals surface area contributed by atoms with Crippen LogP contribution in [0.4, 0.5) is 4.39 Å². The van der Waals surface area contributed by atoms with E-state index in [2.05, 4.69) is 10.1 Å². The lowest BCUT2D eigenvalue weighted by Crippen LogP contribution is -2.14. The molecule has 1 saturated carbocycles. The molecule has 11 heteroatoms. The molecule has 0 unspecified atom stereocenters. The second-order valence-electron chi connectivity index (χ2n) is 9.85. The van der Waals surface area contributed by atoms with Crippen LogP contribution in [0, 0.1) is 5.82 Å². The maximum Gasteiger partial charge on any atom is 0.260 e. The highest BCUT2D eigenvalue weighted by molar-refractivity contribution is 7.91. The zero-order valence-electron chi connectivity index (χ0n) is 21.5. The summed E-state index contributed by atoms with van der Waals surface area (Å²) >= 11 is 13.4. The fourth-order valence-electron chi connectivity index (χ4n) is 4.75. The predicted octanol–water partition coefficient (Wildman–Crippen LogP) is 5.90. The van der Waals surface area contributed by atoms with Crippen molar-refractivity contribution in [3.05, 3.63) is 98.5 Å². The second kappa shape index (κ2) is 11.0. The van der Waals surface area contributed by atoms with Gasteiger partial charge in [0, 0.05) is 28.5 Å². The molecule has 1 aliphatic carbocycles. The van der Waals surface area contributed by atoms with E-state index in [1.54, 1.807) is 37.3 Å². The lowest BCUT2D eigenvalue weighted by molar-refractivity contribution is -0.117. The van der Waals surface area contributed by atoms with Crippen LogP contribution in [0.15, 0.2) is 64.0 Å². The second-order valence-corrected chi connectivity index (χ2v) is 12.9. The van der Waals surface area contributed by atoms with Crippen molar-refractivity contribution >= 4 is 38.8 Å². The van der Waals surface area contributed by atoms with E-state index in [0.717, 1.165) is 0 Å². The first-order valence-electron chi connectivity index (χ1n) is 12.6. The lowest BCUT2D eigenvalue weighted by atomic mass is 9.92. The van der Waals surface area contributed by atoms with Crippen LogP contribution in [-0.2, 0) is 39.5 Å². The largest absolute Gasteiger partial charge is 0.392 e. The molecule has 0 spiro atoms. The number of carbonyl (C=O) groups excluding carboxylic acids is 1. The van der Waals surface area contributed by atoms with Crippen molar-refractivity contribution in [3.8, 4) is 11.5 Å². The fourth-order valence-corrected chi connectivity index (χ4v) is 6.53. The Morgan fingerprint density at radius 1 is 1.00 bits per heavy atom. The Labute approximate surface area is 240 Å². The van der Waals surface area contributed by atoms with Gasteiger partial charge < -0.3 is 9.63 Å². The molecule has 5 rings (SSSR count). The number of aliphatic hydroxyl groups is 1. The summed E-state index contributed by atoms with van der Waals surface area (Å²) in [5, 5.41) is 14.1. The number of aromatic nitrogens is 2. The van der Waals surface area contributed by atoms with E-state index >= 15 is 0 Å². The molecule has 0 saturated heterocycles. The zero-order chi connectivity index (χ0) is 28.7. The smallest absolute Gasteiger partial charge is 0.260 e. The molecule has 1 N–H and O–H groups in total. The Morgan fingerprint density at radius 3 is 2.20 bits per heavy atom. The Kier molecular flexibility index (Phi) is 7.85. The minimum Gasteiger partial charge on any atom is -0.392 e. The van der Waals surface area contributed by atoms with Crippen LogP contribution in [0.5, 0.6) is 0 Å².